The van der Waals surface area contributed by atoms with E-state index < -0.39 is 0 Å². The third kappa shape index (κ3) is 2.83. The van der Waals surface area contributed by atoms with Gasteiger partial charge in [-0.1, -0.05) is 20.8 Å². The molecule has 0 saturated carbocycles. The fourth-order valence-corrected chi connectivity index (χ4v) is 1.65. The molecule has 0 radical (unpaired) electrons. The van der Waals surface area contributed by atoms with Crippen molar-refractivity contribution >= 4 is 12.7 Å². The van der Waals surface area contributed by atoms with Crippen LogP contribution in [0.1, 0.15) is 48.5 Å². The van der Waals surface area contributed by atoms with Crippen LogP contribution in [0.25, 0.3) is 0 Å². The molecule has 5 heteroatoms. The molecular formula is C12H25BN2O2. The van der Waals surface area contributed by atoms with Crippen molar-refractivity contribution in [2.75, 3.05) is 7.05 Å². The smallest absolute Gasteiger partial charge is 0.399 e. The van der Waals surface area contributed by atoms with Gasteiger partial charge in [0.25, 0.3) is 0 Å². The van der Waals surface area contributed by atoms with Crippen molar-refractivity contribution in [2.24, 2.45) is 10.5 Å². The second-order valence-corrected chi connectivity index (χ2v) is 6.56. The van der Waals surface area contributed by atoms with Gasteiger partial charge in [-0.2, -0.15) is 5.10 Å². The molecule has 17 heavy (non-hydrogen) atoms. The van der Waals surface area contributed by atoms with Crippen LogP contribution in [-0.2, 0) is 9.31 Å². The molecule has 0 bridgehead atoms. The van der Waals surface area contributed by atoms with E-state index >= 15 is 0 Å². The van der Waals surface area contributed by atoms with E-state index in [1.165, 1.54) is 0 Å². The average Bonchev–Trinajstić information content (AvgIpc) is 2.29. The molecule has 98 valence electrons. The third-order valence-electron chi connectivity index (χ3n) is 3.48. The maximum absolute atomic E-state index is 6.01. The highest BCUT2D eigenvalue weighted by atomic mass is 16.7. The minimum Gasteiger partial charge on any atom is -0.399 e. The Kier molecular flexibility index (Phi) is 3.66. The van der Waals surface area contributed by atoms with Crippen molar-refractivity contribution in [1.82, 2.24) is 5.43 Å². The number of hydrogen-bond donors (Lipinski definition) is 1. The van der Waals surface area contributed by atoms with Crippen molar-refractivity contribution in [3.63, 3.8) is 0 Å². The number of nitrogens with one attached hydrogen (secondary N) is 1. The van der Waals surface area contributed by atoms with Crippen LogP contribution < -0.4 is 5.43 Å². The summed E-state index contributed by atoms with van der Waals surface area (Å²) >= 11 is 0. The fourth-order valence-electron chi connectivity index (χ4n) is 1.65. The van der Waals surface area contributed by atoms with Crippen LogP contribution in [0, 0.1) is 5.41 Å². The van der Waals surface area contributed by atoms with E-state index in [1.807, 2.05) is 27.7 Å². The highest BCUT2D eigenvalue weighted by molar-refractivity contribution is 6.83. The topological polar surface area (TPSA) is 42.9 Å². The number of rotatable bonds is 2. The zero-order valence-electron chi connectivity index (χ0n) is 12.3. The summed E-state index contributed by atoms with van der Waals surface area (Å²) in [6, 6.07) is 0. The first-order chi connectivity index (χ1) is 7.51. The van der Waals surface area contributed by atoms with Gasteiger partial charge in [-0.25, -0.2) is 0 Å². The monoisotopic (exact) mass is 240 g/mol. The minimum absolute atomic E-state index is 0.0931. The van der Waals surface area contributed by atoms with Crippen LogP contribution in [0.4, 0.5) is 0 Å². The summed E-state index contributed by atoms with van der Waals surface area (Å²) in [5.74, 6) is 0. The zero-order valence-corrected chi connectivity index (χ0v) is 12.3. The van der Waals surface area contributed by atoms with Gasteiger partial charge in [-0.05, 0) is 33.1 Å². The maximum atomic E-state index is 6.01. The van der Waals surface area contributed by atoms with Crippen LogP contribution in [0.15, 0.2) is 5.10 Å². The maximum Gasteiger partial charge on any atom is 0.512 e. The second kappa shape index (κ2) is 4.28. The van der Waals surface area contributed by atoms with Gasteiger partial charge in [0.2, 0.25) is 0 Å². The van der Waals surface area contributed by atoms with E-state index in [9.17, 15) is 0 Å². The summed E-state index contributed by atoms with van der Waals surface area (Å²) < 4.78 is 12.0. The van der Waals surface area contributed by atoms with Gasteiger partial charge in [0, 0.05) is 7.05 Å². The van der Waals surface area contributed by atoms with Crippen molar-refractivity contribution in [2.45, 2.75) is 59.7 Å². The molecule has 1 rings (SSSR count). The number of hydrazone groups is 1. The lowest BCUT2D eigenvalue weighted by Crippen LogP contribution is -2.41. The Bertz CT molecular complexity index is 303. The van der Waals surface area contributed by atoms with Crippen molar-refractivity contribution in [3.05, 3.63) is 0 Å². The van der Waals surface area contributed by atoms with Crippen LogP contribution >= 0.6 is 0 Å². The second-order valence-electron chi connectivity index (χ2n) is 6.56. The van der Waals surface area contributed by atoms with E-state index in [1.54, 1.807) is 7.05 Å². The lowest BCUT2D eigenvalue weighted by Gasteiger charge is -2.32. The molecular weight excluding hydrogens is 215 g/mol. The number of nitrogens with zero attached hydrogens (tertiary/aromatic N) is 1. The summed E-state index contributed by atoms with van der Waals surface area (Å²) in [5.41, 5.74) is 2.98. The quantitative estimate of drug-likeness (QED) is 0.457. The van der Waals surface area contributed by atoms with Crippen molar-refractivity contribution < 1.29 is 9.31 Å². The number of hydrogen-bond acceptors (Lipinski definition) is 4. The first kappa shape index (κ1) is 14.5. The highest BCUT2D eigenvalue weighted by Gasteiger charge is 2.54. The van der Waals surface area contributed by atoms with Gasteiger partial charge >= 0.3 is 7.12 Å². The fraction of sp³-hybridized carbons (Fsp3) is 0.917. The van der Waals surface area contributed by atoms with E-state index in [0.717, 1.165) is 5.61 Å². The molecule has 0 amide bonds. The third-order valence-corrected chi connectivity index (χ3v) is 3.48. The SMILES string of the molecule is CN/N=C(/B1OC(C)(C)C(C)(C)O1)C(C)(C)C. The van der Waals surface area contributed by atoms with E-state index in [-0.39, 0.29) is 23.7 Å². The Labute approximate surface area is 105 Å². The van der Waals surface area contributed by atoms with E-state index in [0.29, 0.717) is 0 Å². The first-order valence-corrected chi connectivity index (χ1v) is 6.12. The van der Waals surface area contributed by atoms with Gasteiger partial charge in [-0.3, -0.25) is 0 Å². The Balaban J connectivity index is 3.00. The van der Waals surface area contributed by atoms with Gasteiger partial charge in [-0.15, -0.1) is 0 Å². The highest BCUT2D eigenvalue weighted by Crippen LogP contribution is 2.38. The Hall–Kier alpha value is -0.545. The molecule has 1 aliphatic rings. The largest absolute Gasteiger partial charge is 0.512 e. The molecule has 1 heterocycles. The van der Waals surface area contributed by atoms with Crippen LogP contribution in [0.5, 0.6) is 0 Å². The van der Waals surface area contributed by atoms with Crippen LogP contribution in [-0.4, -0.2) is 31.0 Å². The van der Waals surface area contributed by atoms with Gasteiger partial charge in [0.1, 0.15) is 0 Å². The molecule has 0 aliphatic carbocycles. The molecule has 0 aromatic heterocycles. The van der Waals surface area contributed by atoms with E-state index in [4.69, 9.17) is 9.31 Å². The predicted octanol–water partition coefficient (Wildman–Crippen LogP) is 2.24. The predicted molar refractivity (Wildman–Crippen MR) is 72.0 cm³/mol. The molecule has 1 saturated heterocycles. The molecule has 1 aliphatic heterocycles. The molecule has 1 N–H and O–H groups in total. The van der Waals surface area contributed by atoms with Crippen LogP contribution in [0.2, 0.25) is 0 Å². The van der Waals surface area contributed by atoms with Crippen LogP contribution in [0.3, 0.4) is 0 Å². The zero-order chi connectivity index (χ0) is 13.5. The molecule has 0 spiro atoms. The Morgan fingerprint density at radius 3 is 1.76 bits per heavy atom. The van der Waals surface area contributed by atoms with Crippen molar-refractivity contribution in [1.29, 1.82) is 0 Å². The molecule has 0 aromatic carbocycles. The molecule has 4 nitrogen and oxygen atoms in total. The molecule has 0 atom stereocenters. The summed E-state index contributed by atoms with van der Waals surface area (Å²) in [5, 5.41) is 4.33. The normalized spacial score (nSPS) is 24.0. The summed E-state index contributed by atoms with van der Waals surface area (Å²) in [4.78, 5) is 0. The van der Waals surface area contributed by atoms with Gasteiger partial charge < -0.3 is 14.7 Å². The molecule has 0 aromatic rings. The molecule has 0 unspecified atom stereocenters. The minimum atomic E-state index is -0.382. The summed E-state index contributed by atoms with van der Waals surface area (Å²) in [7, 11) is 1.41. The first-order valence-electron chi connectivity index (χ1n) is 6.12. The summed E-state index contributed by atoms with van der Waals surface area (Å²) in [6.07, 6.45) is 0. The van der Waals surface area contributed by atoms with Crippen molar-refractivity contribution in [3.8, 4) is 0 Å². The lowest BCUT2D eigenvalue weighted by molar-refractivity contribution is 0.00578. The Morgan fingerprint density at radius 2 is 1.47 bits per heavy atom. The Morgan fingerprint density at radius 1 is 1.06 bits per heavy atom. The summed E-state index contributed by atoms with van der Waals surface area (Å²) in [6.45, 7) is 14.5. The average molecular weight is 240 g/mol. The lowest BCUT2D eigenvalue weighted by atomic mass is 9.68. The molecule has 1 fully saturated rings. The standard InChI is InChI=1S/C12H25BN2O2/c1-10(2,3)9(15-14-8)13-16-11(4,5)12(6,7)17-13/h14H,1-8H3/b15-9+. The van der Waals surface area contributed by atoms with Gasteiger partial charge in [0.15, 0.2) is 0 Å². The van der Waals surface area contributed by atoms with E-state index in [2.05, 4.69) is 31.3 Å². The van der Waals surface area contributed by atoms with Gasteiger partial charge in [0.05, 0.1) is 16.8 Å².